The van der Waals surface area contributed by atoms with E-state index in [-0.39, 0.29) is 12.6 Å². The van der Waals surface area contributed by atoms with Gasteiger partial charge in [0.25, 0.3) is 0 Å². The molecule has 0 unspecified atom stereocenters. The predicted molar refractivity (Wildman–Crippen MR) is 35.4 cm³/mol. The molecule has 60 valence electrons. The van der Waals surface area contributed by atoms with E-state index >= 15 is 0 Å². The molecule has 1 aliphatic heterocycles. The molecule has 0 aromatic rings. The zero-order valence-electron chi connectivity index (χ0n) is 5.73. The van der Waals surface area contributed by atoms with E-state index in [0.29, 0.717) is 13.0 Å². The van der Waals surface area contributed by atoms with Gasteiger partial charge >= 0.3 is 0 Å². The lowest BCUT2D eigenvalue weighted by atomic mass is 10.0. The lowest BCUT2D eigenvalue weighted by Gasteiger charge is -2.31. The lowest BCUT2D eigenvalue weighted by molar-refractivity contribution is -0.103. The molecular formula is C6H13NO3. The fraction of sp³-hybridized carbons (Fsp3) is 1.00. The van der Waals surface area contributed by atoms with Crippen LogP contribution in [-0.4, -0.2) is 41.7 Å². The molecule has 10 heavy (non-hydrogen) atoms. The Kier molecular flexibility index (Phi) is 2.62. The van der Waals surface area contributed by atoms with Gasteiger partial charge in [-0.05, 0) is 6.42 Å². The third-order valence-electron chi connectivity index (χ3n) is 1.78. The second-order valence-electron chi connectivity index (χ2n) is 2.53. The first-order valence-corrected chi connectivity index (χ1v) is 3.42. The minimum absolute atomic E-state index is 0.158. The number of rotatable bonds is 1. The molecule has 0 spiro atoms. The highest BCUT2D eigenvalue weighted by molar-refractivity contribution is 4.82. The molecule has 0 aliphatic carbocycles. The maximum atomic E-state index is 9.23. The van der Waals surface area contributed by atoms with Gasteiger partial charge in [-0.2, -0.15) is 0 Å². The van der Waals surface area contributed by atoms with Gasteiger partial charge in [-0.1, -0.05) is 0 Å². The molecule has 3 atom stereocenters. The summed E-state index contributed by atoms with van der Waals surface area (Å²) in [5.74, 6) is 0. The molecular weight excluding hydrogens is 134 g/mol. The van der Waals surface area contributed by atoms with Crippen molar-refractivity contribution >= 4 is 0 Å². The van der Waals surface area contributed by atoms with Crippen LogP contribution in [0, 0.1) is 0 Å². The molecule has 1 rings (SSSR count). The van der Waals surface area contributed by atoms with E-state index in [1.54, 1.807) is 0 Å². The molecule has 1 fully saturated rings. The lowest BCUT2D eigenvalue weighted by Crippen LogP contribution is -2.50. The fourth-order valence-electron chi connectivity index (χ4n) is 1.06. The summed E-state index contributed by atoms with van der Waals surface area (Å²) in [7, 11) is 0. The summed E-state index contributed by atoms with van der Waals surface area (Å²) in [6.07, 6.45) is -0.528. The van der Waals surface area contributed by atoms with Gasteiger partial charge < -0.3 is 20.7 Å². The summed E-state index contributed by atoms with van der Waals surface area (Å²) < 4.78 is 5.03. The third-order valence-corrected chi connectivity index (χ3v) is 1.78. The van der Waals surface area contributed by atoms with Gasteiger partial charge in [0.15, 0.2) is 0 Å². The van der Waals surface area contributed by atoms with Gasteiger partial charge in [-0.15, -0.1) is 0 Å². The molecule has 1 saturated heterocycles. The second kappa shape index (κ2) is 3.30. The highest BCUT2D eigenvalue weighted by Crippen LogP contribution is 2.11. The molecule has 0 saturated carbocycles. The number of hydrogen-bond acceptors (Lipinski definition) is 4. The van der Waals surface area contributed by atoms with E-state index < -0.39 is 12.2 Å². The smallest absolute Gasteiger partial charge is 0.108 e. The van der Waals surface area contributed by atoms with Crippen LogP contribution in [0.1, 0.15) is 6.42 Å². The van der Waals surface area contributed by atoms with Crippen LogP contribution < -0.4 is 5.73 Å². The van der Waals surface area contributed by atoms with Crippen molar-refractivity contribution in [2.24, 2.45) is 5.73 Å². The third kappa shape index (κ3) is 1.46. The molecule has 1 aliphatic rings. The van der Waals surface area contributed by atoms with Crippen LogP contribution in [-0.2, 0) is 4.74 Å². The van der Waals surface area contributed by atoms with Crippen molar-refractivity contribution in [3.05, 3.63) is 0 Å². The number of hydrogen-bond donors (Lipinski definition) is 3. The van der Waals surface area contributed by atoms with Crippen molar-refractivity contribution in [1.29, 1.82) is 0 Å². The van der Waals surface area contributed by atoms with Crippen LogP contribution in [0.15, 0.2) is 0 Å². The SMILES string of the molecule is N[C@H]1CCO[C@H](CO)[C@H]1O. The highest BCUT2D eigenvalue weighted by Gasteiger charge is 2.29. The van der Waals surface area contributed by atoms with Gasteiger partial charge in [0.1, 0.15) is 6.10 Å². The van der Waals surface area contributed by atoms with Crippen LogP contribution in [0.3, 0.4) is 0 Å². The quantitative estimate of drug-likeness (QED) is 0.420. The van der Waals surface area contributed by atoms with Crippen LogP contribution >= 0.6 is 0 Å². The standard InChI is InChI=1S/C6H13NO3/c7-4-1-2-10-5(3-8)6(4)9/h4-6,8-9H,1-3,7H2/t4-,5+,6-/m0/s1. The maximum absolute atomic E-state index is 9.23. The van der Waals surface area contributed by atoms with Gasteiger partial charge in [-0.25, -0.2) is 0 Å². The van der Waals surface area contributed by atoms with Crippen LogP contribution in [0.4, 0.5) is 0 Å². The summed E-state index contributed by atoms with van der Waals surface area (Å²) >= 11 is 0. The van der Waals surface area contributed by atoms with Gasteiger partial charge in [-0.3, -0.25) is 0 Å². The zero-order valence-corrected chi connectivity index (χ0v) is 5.73. The van der Waals surface area contributed by atoms with Crippen molar-refractivity contribution in [3.63, 3.8) is 0 Å². The first-order valence-electron chi connectivity index (χ1n) is 3.42. The number of aliphatic hydroxyl groups excluding tert-OH is 2. The van der Waals surface area contributed by atoms with E-state index in [0.717, 1.165) is 0 Å². The Bertz CT molecular complexity index is 109. The van der Waals surface area contributed by atoms with Crippen LogP contribution in [0.2, 0.25) is 0 Å². The molecule has 0 radical (unpaired) electrons. The summed E-state index contributed by atoms with van der Waals surface area (Å²) in [6.45, 7) is 0.373. The van der Waals surface area contributed by atoms with E-state index in [1.165, 1.54) is 0 Å². The monoisotopic (exact) mass is 147 g/mol. The molecule has 0 aromatic carbocycles. The topological polar surface area (TPSA) is 75.7 Å². The van der Waals surface area contributed by atoms with Crippen molar-refractivity contribution in [1.82, 2.24) is 0 Å². The summed E-state index contributed by atoms with van der Waals surface area (Å²) in [5.41, 5.74) is 5.50. The summed E-state index contributed by atoms with van der Waals surface area (Å²) in [4.78, 5) is 0. The Labute approximate surface area is 59.6 Å². The Hall–Kier alpha value is -0.160. The molecule has 4 heteroatoms. The minimum Gasteiger partial charge on any atom is -0.394 e. The average molecular weight is 147 g/mol. The molecule has 4 nitrogen and oxygen atoms in total. The van der Waals surface area contributed by atoms with E-state index in [2.05, 4.69) is 0 Å². The van der Waals surface area contributed by atoms with E-state index in [4.69, 9.17) is 15.6 Å². The van der Waals surface area contributed by atoms with E-state index in [9.17, 15) is 5.11 Å². The second-order valence-corrected chi connectivity index (χ2v) is 2.53. The normalized spacial score (nSPS) is 41.7. The van der Waals surface area contributed by atoms with Gasteiger partial charge in [0, 0.05) is 12.6 Å². The number of aliphatic hydroxyl groups is 2. The average Bonchev–Trinajstić information content (AvgIpc) is 1.95. The summed E-state index contributed by atoms with van der Waals surface area (Å²) in [6, 6.07) is -0.245. The molecule has 1 heterocycles. The van der Waals surface area contributed by atoms with Crippen molar-refractivity contribution in [3.8, 4) is 0 Å². The predicted octanol–water partition coefficient (Wildman–Crippen LogP) is -1.54. The van der Waals surface area contributed by atoms with Gasteiger partial charge in [0.05, 0.1) is 12.7 Å². The first-order chi connectivity index (χ1) is 4.75. The van der Waals surface area contributed by atoms with Crippen molar-refractivity contribution in [2.75, 3.05) is 13.2 Å². The van der Waals surface area contributed by atoms with Crippen molar-refractivity contribution in [2.45, 2.75) is 24.7 Å². The molecule has 4 N–H and O–H groups in total. The zero-order chi connectivity index (χ0) is 7.56. The minimum atomic E-state index is -0.709. The Morgan fingerprint density at radius 1 is 1.60 bits per heavy atom. The fourth-order valence-corrected chi connectivity index (χ4v) is 1.06. The van der Waals surface area contributed by atoms with Crippen LogP contribution in [0.25, 0.3) is 0 Å². The maximum Gasteiger partial charge on any atom is 0.108 e. The molecule has 0 bridgehead atoms. The Morgan fingerprint density at radius 2 is 2.30 bits per heavy atom. The first kappa shape index (κ1) is 7.94. The molecule has 0 amide bonds. The molecule has 0 aromatic heterocycles. The Morgan fingerprint density at radius 3 is 2.80 bits per heavy atom. The largest absolute Gasteiger partial charge is 0.394 e. The number of ether oxygens (including phenoxy) is 1. The van der Waals surface area contributed by atoms with E-state index in [1.807, 2.05) is 0 Å². The Balaban J connectivity index is 2.42. The highest BCUT2D eigenvalue weighted by atomic mass is 16.5. The van der Waals surface area contributed by atoms with Gasteiger partial charge in [0.2, 0.25) is 0 Å². The van der Waals surface area contributed by atoms with Crippen molar-refractivity contribution < 1.29 is 14.9 Å². The summed E-state index contributed by atoms with van der Waals surface area (Å²) in [5, 5.41) is 17.9. The van der Waals surface area contributed by atoms with Crippen LogP contribution in [0.5, 0.6) is 0 Å². The number of nitrogens with two attached hydrogens (primary N) is 1.